The smallest absolute Gasteiger partial charge is 0.211 e. The third-order valence-electron chi connectivity index (χ3n) is 3.98. The summed E-state index contributed by atoms with van der Waals surface area (Å²) in [7, 11) is -3.11. The van der Waals surface area contributed by atoms with Crippen LogP contribution in [0.5, 0.6) is 0 Å². The van der Waals surface area contributed by atoms with E-state index in [2.05, 4.69) is 22.2 Å². The summed E-state index contributed by atoms with van der Waals surface area (Å²) in [6.07, 6.45) is 5.43. The lowest BCUT2D eigenvalue weighted by Crippen LogP contribution is -2.41. The predicted molar refractivity (Wildman–Crippen MR) is 99.7 cm³/mol. The highest BCUT2D eigenvalue weighted by molar-refractivity contribution is 7.99. The fraction of sp³-hybridized carbons (Fsp3) is 0.733. The molecule has 0 spiro atoms. The van der Waals surface area contributed by atoms with E-state index < -0.39 is 10.0 Å². The van der Waals surface area contributed by atoms with Crippen LogP contribution in [0.4, 0.5) is 11.6 Å². The van der Waals surface area contributed by atoms with Gasteiger partial charge in [-0.05, 0) is 25.2 Å². The minimum Gasteiger partial charge on any atom is -0.383 e. The van der Waals surface area contributed by atoms with Crippen molar-refractivity contribution in [3.8, 4) is 0 Å². The first kappa shape index (κ1) is 19.3. The number of anilines is 2. The molecule has 1 aromatic rings. The molecule has 0 radical (unpaired) electrons. The maximum Gasteiger partial charge on any atom is 0.211 e. The Hall–Kier alpha value is -1.06. The minimum atomic E-state index is -3.11. The zero-order valence-corrected chi connectivity index (χ0v) is 16.0. The zero-order valence-electron chi connectivity index (χ0n) is 14.4. The van der Waals surface area contributed by atoms with E-state index in [0.717, 1.165) is 31.4 Å². The van der Waals surface area contributed by atoms with Crippen LogP contribution in [0, 0.1) is 5.92 Å². The van der Waals surface area contributed by atoms with Crippen LogP contribution in [0.15, 0.2) is 11.2 Å². The van der Waals surface area contributed by atoms with Gasteiger partial charge in [-0.2, -0.15) is 0 Å². The van der Waals surface area contributed by atoms with E-state index in [0.29, 0.717) is 36.4 Å². The molecule has 0 bridgehead atoms. The lowest BCUT2D eigenvalue weighted by molar-refractivity contribution is 0.276. The normalized spacial score (nSPS) is 19.3. The summed E-state index contributed by atoms with van der Waals surface area (Å²) >= 11 is 1.61. The Balaban J connectivity index is 1.91. The van der Waals surface area contributed by atoms with E-state index in [9.17, 15) is 8.42 Å². The molecule has 0 saturated carbocycles. The lowest BCUT2D eigenvalue weighted by atomic mass is 10.00. The number of hydrogen-bond donors (Lipinski definition) is 2. The molecule has 0 unspecified atom stereocenters. The molecule has 24 heavy (non-hydrogen) atoms. The molecule has 0 aromatic carbocycles. The lowest BCUT2D eigenvalue weighted by Gasteiger charge is -2.31. The molecule has 7 nitrogen and oxygen atoms in total. The second-order valence-electron chi connectivity index (χ2n) is 6.17. The van der Waals surface area contributed by atoms with Crippen molar-refractivity contribution >= 4 is 33.4 Å². The highest BCUT2D eigenvalue weighted by Gasteiger charge is 2.25. The summed E-state index contributed by atoms with van der Waals surface area (Å²) in [4.78, 5) is 8.73. The number of unbranched alkanes of at least 4 members (excludes halogenated alkanes) is 1. The molecule has 0 aliphatic carbocycles. The largest absolute Gasteiger partial charge is 0.383 e. The van der Waals surface area contributed by atoms with Gasteiger partial charge >= 0.3 is 0 Å². The molecular formula is C15H27N5O2S2. The number of nitrogens with one attached hydrogen (secondary N) is 1. The average molecular weight is 374 g/mol. The Kier molecular flexibility index (Phi) is 7.12. The second kappa shape index (κ2) is 8.87. The molecule has 2 heterocycles. The Labute approximate surface area is 148 Å². The number of hydrogen-bond acceptors (Lipinski definition) is 7. The van der Waals surface area contributed by atoms with E-state index in [-0.39, 0.29) is 5.92 Å². The number of piperidine rings is 1. The van der Waals surface area contributed by atoms with Gasteiger partial charge in [0.05, 0.1) is 6.26 Å². The average Bonchev–Trinajstić information content (AvgIpc) is 2.52. The van der Waals surface area contributed by atoms with Crippen molar-refractivity contribution in [2.24, 2.45) is 5.92 Å². The number of thioether (sulfide) groups is 1. The van der Waals surface area contributed by atoms with Crippen LogP contribution >= 0.6 is 11.8 Å². The van der Waals surface area contributed by atoms with Crippen LogP contribution < -0.4 is 11.1 Å². The summed E-state index contributed by atoms with van der Waals surface area (Å²) in [5.41, 5.74) is 5.86. The SMILES string of the molecule is CCCCSc1nc(N)cc(NC[C@H]2CCCN(S(C)(=O)=O)C2)n1. The third-order valence-corrected chi connectivity index (χ3v) is 6.18. The number of nitrogens with zero attached hydrogens (tertiary/aromatic N) is 3. The minimum absolute atomic E-state index is 0.279. The zero-order chi connectivity index (χ0) is 17.6. The maximum atomic E-state index is 11.7. The van der Waals surface area contributed by atoms with Crippen molar-refractivity contribution in [2.45, 2.75) is 37.8 Å². The van der Waals surface area contributed by atoms with Gasteiger partial charge in [0.1, 0.15) is 11.6 Å². The van der Waals surface area contributed by atoms with Gasteiger partial charge in [-0.3, -0.25) is 0 Å². The second-order valence-corrected chi connectivity index (χ2v) is 9.22. The monoisotopic (exact) mass is 373 g/mol. The third kappa shape index (κ3) is 6.10. The molecule has 2 rings (SSSR count). The topological polar surface area (TPSA) is 101 Å². The molecule has 1 atom stereocenters. The quantitative estimate of drug-likeness (QED) is 0.408. The maximum absolute atomic E-state index is 11.7. The molecule has 136 valence electrons. The standard InChI is InChI=1S/C15H27N5O2S2/c1-3-4-8-23-15-18-13(16)9-14(19-15)17-10-12-6-5-7-20(11-12)24(2,21)22/h9,12H,3-8,10-11H2,1-2H3,(H3,16,17,18,19)/t12-/m1/s1. The fourth-order valence-electron chi connectivity index (χ4n) is 2.65. The van der Waals surface area contributed by atoms with Gasteiger partial charge in [-0.1, -0.05) is 25.1 Å². The fourth-order valence-corrected chi connectivity index (χ4v) is 4.54. The van der Waals surface area contributed by atoms with Gasteiger partial charge < -0.3 is 11.1 Å². The number of nitrogens with two attached hydrogens (primary N) is 1. The van der Waals surface area contributed by atoms with Crippen molar-refractivity contribution in [1.29, 1.82) is 0 Å². The van der Waals surface area contributed by atoms with E-state index in [1.54, 1.807) is 22.1 Å². The molecule has 1 aliphatic rings. The van der Waals surface area contributed by atoms with Crippen LogP contribution in [0.3, 0.4) is 0 Å². The first-order valence-electron chi connectivity index (χ1n) is 8.35. The van der Waals surface area contributed by atoms with Crippen LogP contribution in [0.25, 0.3) is 0 Å². The van der Waals surface area contributed by atoms with Crippen LogP contribution in [0.2, 0.25) is 0 Å². The van der Waals surface area contributed by atoms with Crippen LogP contribution in [0.1, 0.15) is 32.6 Å². The predicted octanol–water partition coefficient (Wildman–Crippen LogP) is 2.03. The van der Waals surface area contributed by atoms with E-state index >= 15 is 0 Å². The van der Waals surface area contributed by atoms with Gasteiger partial charge in [0.25, 0.3) is 0 Å². The van der Waals surface area contributed by atoms with Gasteiger partial charge in [-0.15, -0.1) is 0 Å². The van der Waals surface area contributed by atoms with Crippen molar-refractivity contribution in [2.75, 3.05) is 42.7 Å². The molecule has 1 aliphatic heterocycles. The molecule has 1 fully saturated rings. The number of rotatable bonds is 8. The van der Waals surface area contributed by atoms with Crippen LogP contribution in [-0.2, 0) is 10.0 Å². The summed E-state index contributed by atoms with van der Waals surface area (Å²) in [6, 6.07) is 1.72. The molecular weight excluding hydrogens is 346 g/mol. The van der Waals surface area contributed by atoms with E-state index in [1.165, 1.54) is 6.26 Å². The van der Waals surface area contributed by atoms with Gasteiger partial charge in [0, 0.05) is 31.5 Å². The number of sulfonamides is 1. The van der Waals surface area contributed by atoms with E-state index in [1.807, 2.05) is 0 Å². The van der Waals surface area contributed by atoms with Crippen LogP contribution in [-0.4, -0.2) is 54.3 Å². The molecule has 3 N–H and O–H groups in total. The first-order valence-corrected chi connectivity index (χ1v) is 11.2. The Morgan fingerprint density at radius 2 is 2.25 bits per heavy atom. The number of aromatic nitrogens is 2. The number of nitrogen functional groups attached to an aromatic ring is 1. The molecule has 0 amide bonds. The first-order chi connectivity index (χ1) is 11.4. The molecule has 1 aromatic heterocycles. The van der Waals surface area contributed by atoms with Crippen molar-refractivity contribution in [3.05, 3.63) is 6.07 Å². The highest BCUT2D eigenvalue weighted by Crippen LogP contribution is 2.21. The van der Waals surface area contributed by atoms with Gasteiger partial charge in [-0.25, -0.2) is 22.7 Å². The summed E-state index contributed by atoms with van der Waals surface area (Å²) in [5, 5.41) is 3.98. The molecule has 1 saturated heterocycles. The van der Waals surface area contributed by atoms with Gasteiger partial charge in [0.15, 0.2) is 5.16 Å². The highest BCUT2D eigenvalue weighted by atomic mass is 32.2. The Bertz CT molecular complexity index is 639. The Morgan fingerprint density at radius 3 is 2.96 bits per heavy atom. The summed E-state index contributed by atoms with van der Waals surface area (Å²) < 4.78 is 24.9. The van der Waals surface area contributed by atoms with Crippen molar-refractivity contribution in [1.82, 2.24) is 14.3 Å². The van der Waals surface area contributed by atoms with E-state index in [4.69, 9.17) is 5.73 Å². The van der Waals surface area contributed by atoms with Crippen molar-refractivity contribution < 1.29 is 8.42 Å². The molecule has 9 heteroatoms. The summed E-state index contributed by atoms with van der Waals surface area (Å²) in [6.45, 7) is 4.01. The summed E-state index contributed by atoms with van der Waals surface area (Å²) in [5.74, 6) is 2.41. The van der Waals surface area contributed by atoms with Gasteiger partial charge in [0.2, 0.25) is 10.0 Å². The van der Waals surface area contributed by atoms with Crippen molar-refractivity contribution in [3.63, 3.8) is 0 Å². The Morgan fingerprint density at radius 1 is 1.46 bits per heavy atom.